The van der Waals surface area contributed by atoms with Crippen LogP contribution >= 0.6 is 0 Å². The molecule has 3 aromatic rings. The average Bonchev–Trinajstić information content (AvgIpc) is 2.76. The van der Waals surface area contributed by atoms with E-state index in [-0.39, 0.29) is 0 Å². The molecule has 3 aromatic carbocycles. The third-order valence-electron chi connectivity index (χ3n) is 6.34. The van der Waals surface area contributed by atoms with Crippen LogP contribution in [0.2, 0.25) is 0 Å². The molecule has 8 heteroatoms. The van der Waals surface area contributed by atoms with E-state index in [1.807, 2.05) is 48.5 Å². The number of hydrogen-bond donors (Lipinski definition) is 2. The molecule has 8 nitrogen and oxygen atoms in total. The number of phenols is 2. The first-order valence-corrected chi connectivity index (χ1v) is 14.4. The second kappa shape index (κ2) is 12.1. The zero-order valence-electron chi connectivity index (χ0n) is 27.9. The molecular formula is C34H54N4O4+4. The van der Waals surface area contributed by atoms with Gasteiger partial charge in [-0.05, 0) is 36.4 Å². The monoisotopic (exact) mass is 582 g/mol. The van der Waals surface area contributed by atoms with Gasteiger partial charge in [0.2, 0.25) is 0 Å². The minimum Gasteiger partial charge on any atom is -0.507 e. The molecule has 2 N–H and O–H groups in total. The molecule has 0 atom stereocenters. The zero-order valence-corrected chi connectivity index (χ0v) is 27.9. The number of ether oxygens (including phenoxy) is 2. The lowest BCUT2D eigenvalue weighted by Crippen LogP contribution is -2.34. The third kappa shape index (κ3) is 10.5. The van der Waals surface area contributed by atoms with E-state index in [0.29, 0.717) is 78.6 Å². The van der Waals surface area contributed by atoms with Gasteiger partial charge in [-0.3, -0.25) is 0 Å². The zero-order chi connectivity index (χ0) is 31.7. The van der Waals surface area contributed by atoms with E-state index >= 15 is 0 Å². The van der Waals surface area contributed by atoms with E-state index in [9.17, 15) is 10.2 Å². The number of aromatic hydroxyl groups is 2. The number of quaternary nitrogens is 4. The van der Waals surface area contributed by atoms with Crippen LogP contribution in [-0.2, 0) is 26.2 Å². The Labute approximate surface area is 253 Å². The van der Waals surface area contributed by atoms with Crippen molar-refractivity contribution >= 4 is 0 Å². The Balaban J connectivity index is 1.96. The van der Waals surface area contributed by atoms with Crippen LogP contribution in [0.3, 0.4) is 0 Å². The third-order valence-corrected chi connectivity index (χ3v) is 6.34. The van der Waals surface area contributed by atoms with Crippen LogP contribution in [0.15, 0.2) is 48.5 Å². The molecule has 0 bridgehead atoms. The fourth-order valence-electron chi connectivity index (χ4n) is 4.97. The van der Waals surface area contributed by atoms with Crippen molar-refractivity contribution in [2.45, 2.75) is 26.2 Å². The van der Waals surface area contributed by atoms with Gasteiger partial charge in [0.25, 0.3) is 0 Å². The number of benzene rings is 3. The van der Waals surface area contributed by atoms with Crippen LogP contribution in [0.1, 0.15) is 22.3 Å². The Bertz CT molecular complexity index is 1210. The maximum atomic E-state index is 11.1. The van der Waals surface area contributed by atoms with Gasteiger partial charge in [-0.25, -0.2) is 0 Å². The minimum absolute atomic E-state index is 0.335. The normalized spacial score (nSPS) is 12.9. The first-order valence-electron chi connectivity index (χ1n) is 14.4. The van der Waals surface area contributed by atoms with Gasteiger partial charge in [0.1, 0.15) is 60.7 Å². The maximum absolute atomic E-state index is 11.1. The molecule has 3 rings (SSSR count). The van der Waals surface area contributed by atoms with Gasteiger partial charge in [-0.1, -0.05) is 6.07 Å². The molecule has 0 heterocycles. The fourth-order valence-corrected chi connectivity index (χ4v) is 4.97. The molecule has 0 amide bonds. The van der Waals surface area contributed by atoms with Crippen LogP contribution in [-0.4, -0.2) is 113 Å². The molecule has 0 fully saturated rings. The van der Waals surface area contributed by atoms with Crippen molar-refractivity contribution in [3.8, 4) is 34.5 Å². The van der Waals surface area contributed by atoms with Crippen LogP contribution < -0.4 is 9.47 Å². The van der Waals surface area contributed by atoms with Crippen molar-refractivity contribution < 1.29 is 37.6 Å². The molecule has 0 aliphatic heterocycles. The molecule has 0 saturated heterocycles. The van der Waals surface area contributed by atoms with E-state index in [0.717, 1.165) is 22.3 Å². The van der Waals surface area contributed by atoms with E-state index in [1.54, 1.807) is 0 Å². The van der Waals surface area contributed by atoms with Crippen LogP contribution in [0.5, 0.6) is 34.5 Å². The molecule has 0 aromatic heterocycles. The molecule has 0 saturated carbocycles. The average molecular weight is 583 g/mol. The minimum atomic E-state index is 0.335. The van der Waals surface area contributed by atoms with E-state index in [4.69, 9.17) is 9.47 Å². The van der Waals surface area contributed by atoms with Gasteiger partial charge in [-0.15, -0.1) is 0 Å². The molecule has 0 spiro atoms. The standard InChI is InChI=1S/C34H52N4O4/c1-35(2,3)21-25-16-31(17-26(33(25)39)22-36(4,5)6)41-29-14-13-15-30(20-29)42-32-18-27(23-37(7,8)9)34(40)28(19-32)24-38(10,11)12/h13-20H,21-24H2,1-12H3/q+2/p+2. The summed E-state index contributed by atoms with van der Waals surface area (Å²) in [7, 11) is 25.3. The van der Waals surface area contributed by atoms with E-state index < -0.39 is 0 Å². The summed E-state index contributed by atoms with van der Waals surface area (Å²) in [5.41, 5.74) is 3.42. The molecular weight excluding hydrogens is 528 g/mol. The summed E-state index contributed by atoms with van der Waals surface area (Å²) < 4.78 is 15.5. The van der Waals surface area contributed by atoms with E-state index in [2.05, 4.69) is 84.6 Å². The summed E-state index contributed by atoms with van der Waals surface area (Å²) in [6.45, 7) is 2.68. The van der Waals surface area contributed by atoms with Crippen molar-refractivity contribution in [2.75, 3.05) is 84.6 Å². The summed E-state index contributed by atoms with van der Waals surface area (Å²) in [5, 5.41) is 22.2. The largest absolute Gasteiger partial charge is 0.507 e. The summed E-state index contributed by atoms with van der Waals surface area (Å²) in [4.78, 5) is 0. The lowest BCUT2D eigenvalue weighted by molar-refractivity contribution is -0.884. The lowest BCUT2D eigenvalue weighted by Gasteiger charge is -2.27. The molecule has 0 aliphatic rings. The second-order valence-corrected chi connectivity index (χ2v) is 15.7. The van der Waals surface area contributed by atoms with Gasteiger partial charge in [0.15, 0.2) is 0 Å². The van der Waals surface area contributed by atoms with E-state index in [1.165, 1.54) is 0 Å². The summed E-state index contributed by atoms with van der Waals surface area (Å²) >= 11 is 0. The SMILES string of the molecule is C[N+](C)(C)Cc1cc(Oc2cccc(Oc3cc(C[N+](C)(C)C)c(O)c(C[N+](C)(C)C)c3)c2)cc(C[N+](C)(C)C)c1O. The van der Waals surface area contributed by atoms with Crippen LogP contribution in [0.4, 0.5) is 0 Å². The highest BCUT2D eigenvalue weighted by Crippen LogP contribution is 2.37. The van der Waals surface area contributed by atoms with Gasteiger partial charge in [0.05, 0.1) is 107 Å². The molecule has 0 radical (unpaired) electrons. The molecule has 230 valence electrons. The highest BCUT2D eigenvalue weighted by atomic mass is 16.5. The Morgan fingerprint density at radius 1 is 0.429 bits per heavy atom. The molecule has 42 heavy (non-hydrogen) atoms. The highest BCUT2D eigenvalue weighted by Gasteiger charge is 2.23. The second-order valence-electron chi connectivity index (χ2n) is 15.7. The van der Waals surface area contributed by atoms with Gasteiger partial charge in [-0.2, -0.15) is 0 Å². The summed E-state index contributed by atoms with van der Waals surface area (Å²) in [5.74, 6) is 3.31. The Kier molecular flexibility index (Phi) is 9.59. The smallest absolute Gasteiger partial charge is 0.133 e. The molecule has 0 aliphatic carbocycles. The Morgan fingerprint density at radius 3 is 0.929 bits per heavy atom. The first kappa shape index (κ1) is 33.2. The van der Waals surface area contributed by atoms with Crippen molar-refractivity contribution in [1.29, 1.82) is 0 Å². The van der Waals surface area contributed by atoms with Crippen molar-refractivity contribution in [1.82, 2.24) is 0 Å². The summed E-state index contributed by atoms with van der Waals surface area (Å²) in [6, 6.07) is 15.3. The Hall–Kier alpha value is -3.30. The highest BCUT2D eigenvalue weighted by molar-refractivity contribution is 5.49. The fraction of sp³-hybridized carbons (Fsp3) is 0.471. The van der Waals surface area contributed by atoms with Gasteiger partial charge >= 0.3 is 0 Å². The van der Waals surface area contributed by atoms with Gasteiger partial charge < -0.3 is 37.6 Å². The van der Waals surface area contributed by atoms with Crippen molar-refractivity contribution in [3.63, 3.8) is 0 Å². The number of phenolic OH excluding ortho intramolecular Hbond substituents is 2. The quantitative estimate of drug-likeness (QED) is 0.277. The first-order chi connectivity index (χ1) is 19.1. The lowest BCUT2D eigenvalue weighted by atomic mass is 10.1. The summed E-state index contributed by atoms with van der Waals surface area (Å²) in [6.07, 6.45) is 0. The van der Waals surface area contributed by atoms with Crippen LogP contribution in [0, 0.1) is 0 Å². The van der Waals surface area contributed by atoms with Crippen LogP contribution in [0.25, 0.3) is 0 Å². The molecule has 0 unspecified atom stereocenters. The Morgan fingerprint density at radius 2 is 0.690 bits per heavy atom. The van der Waals surface area contributed by atoms with Crippen molar-refractivity contribution in [2.24, 2.45) is 0 Å². The topological polar surface area (TPSA) is 58.9 Å². The van der Waals surface area contributed by atoms with Gasteiger partial charge in [0, 0.05) is 6.07 Å². The number of rotatable bonds is 12. The van der Waals surface area contributed by atoms with Crippen molar-refractivity contribution in [3.05, 3.63) is 70.8 Å². The predicted octanol–water partition coefficient (Wildman–Crippen LogP) is 5.51. The number of nitrogens with zero attached hydrogens (tertiary/aromatic N) is 4. The number of hydrogen-bond acceptors (Lipinski definition) is 4. The maximum Gasteiger partial charge on any atom is 0.133 e. The predicted molar refractivity (Wildman–Crippen MR) is 170 cm³/mol.